The number of benzene rings is 2. The molecule has 20 heavy (non-hydrogen) atoms. The molecule has 0 bridgehead atoms. The zero-order valence-corrected chi connectivity index (χ0v) is 11.5. The highest BCUT2D eigenvalue weighted by Gasteiger charge is 2.31. The number of nitrogens with zero attached hydrogens (tertiary/aromatic N) is 1. The summed E-state index contributed by atoms with van der Waals surface area (Å²) in [5.74, 6) is -0.311. The molecule has 1 N–H and O–H groups in total. The summed E-state index contributed by atoms with van der Waals surface area (Å²) in [6, 6.07) is 13.7. The minimum Gasteiger partial charge on any atom is -0.294 e. The molecule has 0 saturated heterocycles. The highest BCUT2D eigenvalue weighted by Crippen LogP contribution is 2.35. The van der Waals surface area contributed by atoms with E-state index in [2.05, 4.69) is 0 Å². The Hall–Kier alpha value is -1.56. The highest BCUT2D eigenvalue weighted by atomic mass is 32.2. The van der Waals surface area contributed by atoms with Gasteiger partial charge >= 0.3 is 0 Å². The molecule has 3 nitrogen and oxygen atoms in total. The molecule has 0 amide bonds. The minimum atomic E-state index is -2.06. The summed E-state index contributed by atoms with van der Waals surface area (Å²) >= 11 is -2.06. The fourth-order valence-corrected chi connectivity index (χ4v) is 3.37. The maximum Gasteiger partial charge on any atom is 0.235 e. The van der Waals surface area contributed by atoms with Crippen LogP contribution >= 0.6 is 0 Å². The third-order valence-corrected chi connectivity index (χ3v) is 4.42. The van der Waals surface area contributed by atoms with Crippen LogP contribution in [0.15, 0.2) is 48.5 Å². The van der Waals surface area contributed by atoms with Crippen LogP contribution in [0.3, 0.4) is 0 Å². The van der Waals surface area contributed by atoms with Crippen molar-refractivity contribution < 1.29 is 13.2 Å². The molecule has 1 aliphatic heterocycles. The molecule has 104 valence electrons. The van der Waals surface area contributed by atoms with Crippen LogP contribution in [0.1, 0.15) is 22.7 Å². The van der Waals surface area contributed by atoms with Crippen LogP contribution in [-0.4, -0.2) is 19.6 Å². The summed E-state index contributed by atoms with van der Waals surface area (Å²) in [6.45, 7) is 0.502. The van der Waals surface area contributed by atoms with Crippen LogP contribution in [0, 0.1) is 5.82 Å². The molecule has 1 heterocycles. The van der Waals surface area contributed by atoms with Gasteiger partial charge in [-0.2, -0.15) is 4.31 Å². The summed E-state index contributed by atoms with van der Waals surface area (Å²) < 4.78 is 35.7. The molecule has 0 saturated carbocycles. The number of hydrogen-bond acceptors (Lipinski definition) is 1. The zero-order chi connectivity index (χ0) is 14.1. The van der Waals surface area contributed by atoms with Crippen molar-refractivity contribution in [3.05, 3.63) is 71.0 Å². The SMILES string of the molecule is O=S(O)N1CCc2ccccc2[C@@H]1c1ccc(F)cc1. The molecule has 2 atom stereocenters. The lowest BCUT2D eigenvalue weighted by Gasteiger charge is -2.34. The van der Waals surface area contributed by atoms with Crippen molar-refractivity contribution in [1.82, 2.24) is 4.31 Å². The average molecular weight is 291 g/mol. The Balaban J connectivity index is 2.11. The van der Waals surface area contributed by atoms with Gasteiger partial charge in [-0.15, -0.1) is 0 Å². The quantitative estimate of drug-likeness (QED) is 0.864. The van der Waals surface area contributed by atoms with Gasteiger partial charge in [-0.25, -0.2) is 8.60 Å². The van der Waals surface area contributed by atoms with Crippen LogP contribution in [0.4, 0.5) is 4.39 Å². The second-order valence-corrected chi connectivity index (χ2v) is 5.70. The van der Waals surface area contributed by atoms with Crippen molar-refractivity contribution in [3.63, 3.8) is 0 Å². The van der Waals surface area contributed by atoms with E-state index in [0.717, 1.165) is 17.5 Å². The first-order valence-electron chi connectivity index (χ1n) is 6.37. The van der Waals surface area contributed by atoms with E-state index in [0.29, 0.717) is 6.54 Å². The first kappa shape index (κ1) is 13.4. The molecular formula is C15H14FNO2S. The van der Waals surface area contributed by atoms with Crippen LogP contribution in [0.2, 0.25) is 0 Å². The molecule has 3 rings (SSSR count). The third-order valence-electron chi connectivity index (χ3n) is 3.63. The predicted molar refractivity (Wildman–Crippen MR) is 75.9 cm³/mol. The lowest BCUT2D eigenvalue weighted by Crippen LogP contribution is -2.37. The smallest absolute Gasteiger partial charge is 0.235 e. The molecule has 0 radical (unpaired) electrons. The van der Waals surface area contributed by atoms with E-state index in [1.54, 1.807) is 12.1 Å². The Morgan fingerprint density at radius 2 is 1.85 bits per heavy atom. The van der Waals surface area contributed by atoms with E-state index < -0.39 is 11.3 Å². The fraction of sp³-hybridized carbons (Fsp3) is 0.200. The Kier molecular flexibility index (Phi) is 3.65. The van der Waals surface area contributed by atoms with Gasteiger partial charge in [0.1, 0.15) is 5.82 Å². The van der Waals surface area contributed by atoms with E-state index in [1.807, 2.05) is 24.3 Å². The van der Waals surface area contributed by atoms with Gasteiger partial charge in [0, 0.05) is 6.54 Å². The van der Waals surface area contributed by atoms with Crippen molar-refractivity contribution in [2.24, 2.45) is 0 Å². The molecule has 0 aliphatic carbocycles. The maximum atomic E-state index is 13.1. The Labute approximate surface area is 119 Å². The standard InChI is InChI=1S/C15H14FNO2S/c16-13-7-5-12(6-8-13)15-14-4-2-1-3-11(14)9-10-17(15)20(18)19/h1-8,15H,9-10H2,(H,18,19)/t15-/m0/s1. The third kappa shape index (κ3) is 2.40. The highest BCUT2D eigenvalue weighted by molar-refractivity contribution is 7.76. The van der Waals surface area contributed by atoms with Crippen LogP contribution in [-0.2, 0) is 17.7 Å². The summed E-state index contributed by atoms with van der Waals surface area (Å²) in [5, 5.41) is 0. The van der Waals surface area contributed by atoms with Gasteiger partial charge in [0.2, 0.25) is 11.3 Å². The van der Waals surface area contributed by atoms with E-state index in [9.17, 15) is 13.2 Å². The summed E-state index contributed by atoms with van der Waals surface area (Å²) in [7, 11) is 0. The molecule has 0 spiro atoms. The van der Waals surface area contributed by atoms with E-state index in [4.69, 9.17) is 0 Å². The van der Waals surface area contributed by atoms with E-state index >= 15 is 0 Å². The molecule has 2 aromatic carbocycles. The van der Waals surface area contributed by atoms with Crippen molar-refractivity contribution in [1.29, 1.82) is 0 Å². The predicted octanol–water partition coefficient (Wildman–Crippen LogP) is 2.91. The van der Waals surface area contributed by atoms with Crippen molar-refractivity contribution >= 4 is 11.3 Å². The van der Waals surface area contributed by atoms with Gasteiger partial charge < -0.3 is 0 Å². The number of rotatable bonds is 2. The minimum absolute atomic E-state index is 0.311. The first-order chi connectivity index (χ1) is 9.66. The van der Waals surface area contributed by atoms with Crippen LogP contribution < -0.4 is 0 Å². The molecule has 1 aliphatic rings. The lowest BCUT2D eigenvalue weighted by molar-refractivity contribution is 0.335. The number of halogens is 1. The Morgan fingerprint density at radius 1 is 1.15 bits per heavy atom. The van der Waals surface area contributed by atoms with Gasteiger partial charge in [-0.1, -0.05) is 36.4 Å². The largest absolute Gasteiger partial charge is 0.294 e. The summed E-state index contributed by atoms with van der Waals surface area (Å²) in [4.78, 5) is 0. The van der Waals surface area contributed by atoms with Crippen molar-refractivity contribution in [2.75, 3.05) is 6.54 Å². The molecule has 5 heteroatoms. The average Bonchev–Trinajstić information content (AvgIpc) is 2.47. The topological polar surface area (TPSA) is 40.5 Å². The molecule has 0 aromatic heterocycles. The molecule has 2 aromatic rings. The Morgan fingerprint density at radius 3 is 2.55 bits per heavy atom. The normalized spacial score (nSPS) is 20.4. The van der Waals surface area contributed by atoms with E-state index in [1.165, 1.54) is 22.0 Å². The van der Waals surface area contributed by atoms with Gasteiger partial charge in [0.15, 0.2) is 0 Å². The summed E-state index contributed by atoms with van der Waals surface area (Å²) in [5.41, 5.74) is 3.00. The van der Waals surface area contributed by atoms with Gasteiger partial charge in [0.25, 0.3) is 0 Å². The van der Waals surface area contributed by atoms with Gasteiger partial charge in [-0.3, -0.25) is 4.55 Å². The second kappa shape index (κ2) is 5.44. The zero-order valence-electron chi connectivity index (χ0n) is 10.7. The molecule has 0 fully saturated rings. The Bertz CT molecular complexity index is 645. The number of hydrogen-bond donors (Lipinski definition) is 1. The number of fused-ring (bicyclic) bond motifs is 1. The van der Waals surface area contributed by atoms with Gasteiger partial charge in [0.05, 0.1) is 6.04 Å². The van der Waals surface area contributed by atoms with Gasteiger partial charge in [-0.05, 0) is 35.2 Å². The second-order valence-electron chi connectivity index (χ2n) is 4.77. The fourth-order valence-electron chi connectivity index (χ4n) is 2.70. The molecule has 1 unspecified atom stereocenters. The maximum absolute atomic E-state index is 13.1. The van der Waals surface area contributed by atoms with Crippen molar-refractivity contribution in [3.8, 4) is 0 Å². The van der Waals surface area contributed by atoms with E-state index in [-0.39, 0.29) is 11.9 Å². The molecular weight excluding hydrogens is 277 g/mol. The van der Waals surface area contributed by atoms with Crippen LogP contribution in [0.25, 0.3) is 0 Å². The monoisotopic (exact) mass is 291 g/mol. The first-order valence-corrected chi connectivity index (χ1v) is 7.44. The van der Waals surface area contributed by atoms with Crippen molar-refractivity contribution in [2.45, 2.75) is 12.5 Å². The summed E-state index contributed by atoms with van der Waals surface area (Å²) in [6.07, 6.45) is 0.736. The van der Waals surface area contributed by atoms with Crippen LogP contribution in [0.5, 0.6) is 0 Å². The lowest BCUT2D eigenvalue weighted by atomic mass is 9.90.